The number of aromatic nitrogens is 1. The first-order valence-electron chi connectivity index (χ1n) is 6.24. The maximum Gasteiger partial charge on any atom is 0.0573 e. The van der Waals surface area contributed by atoms with Gasteiger partial charge in [0, 0.05) is 22.9 Å². The predicted octanol–water partition coefficient (Wildman–Crippen LogP) is 2.62. The Labute approximate surface area is 108 Å². The fourth-order valence-corrected chi connectivity index (χ4v) is 2.24. The molecule has 1 heterocycles. The highest BCUT2D eigenvalue weighted by molar-refractivity contribution is 7.99. The van der Waals surface area contributed by atoms with E-state index < -0.39 is 0 Å². The molecule has 0 amide bonds. The topological polar surface area (TPSA) is 45.1 Å². The monoisotopic (exact) mass is 254 g/mol. The molecule has 0 spiro atoms. The first kappa shape index (κ1) is 14.5. The van der Waals surface area contributed by atoms with Gasteiger partial charge in [-0.05, 0) is 31.5 Å². The molecule has 1 unspecified atom stereocenters. The molecule has 0 saturated heterocycles. The molecule has 0 fully saturated rings. The van der Waals surface area contributed by atoms with Gasteiger partial charge in [0.25, 0.3) is 0 Å². The first-order chi connectivity index (χ1) is 8.31. The Bertz CT molecular complexity index is 303. The fraction of sp³-hybridized carbons (Fsp3) is 0.615. The normalized spacial score (nSPS) is 12.6. The van der Waals surface area contributed by atoms with Crippen molar-refractivity contribution in [3.63, 3.8) is 0 Å². The lowest BCUT2D eigenvalue weighted by Crippen LogP contribution is -2.22. The highest BCUT2D eigenvalue weighted by Crippen LogP contribution is 2.19. The van der Waals surface area contributed by atoms with Crippen molar-refractivity contribution in [2.45, 2.75) is 37.6 Å². The van der Waals surface area contributed by atoms with Gasteiger partial charge in [0.1, 0.15) is 0 Å². The number of nitrogens with zero attached hydrogens (tertiary/aromatic N) is 1. The number of nitrogens with one attached hydrogen (secondary N) is 1. The van der Waals surface area contributed by atoms with Gasteiger partial charge in [-0.25, -0.2) is 0 Å². The number of pyridine rings is 1. The second-order valence-corrected chi connectivity index (χ2v) is 5.07. The Morgan fingerprint density at radius 2 is 2.24 bits per heavy atom. The van der Waals surface area contributed by atoms with E-state index in [9.17, 15) is 0 Å². The van der Waals surface area contributed by atoms with Crippen molar-refractivity contribution in [1.29, 1.82) is 0 Å². The first-order valence-corrected chi connectivity index (χ1v) is 7.23. The minimum Gasteiger partial charge on any atom is -0.396 e. The molecule has 0 aromatic carbocycles. The van der Waals surface area contributed by atoms with Crippen molar-refractivity contribution in [2.24, 2.45) is 0 Å². The Morgan fingerprint density at radius 3 is 2.76 bits per heavy atom. The molecule has 4 heteroatoms. The van der Waals surface area contributed by atoms with Crippen LogP contribution < -0.4 is 5.32 Å². The van der Waals surface area contributed by atoms with E-state index in [-0.39, 0.29) is 6.61 Å². The molecule has 96 valence electrons. The van der Waals surface area contributed by atoms with Crippen molar-refractivity contribution in [3.05, 3.63) is 24.0 Å². The zero-order chi connectivity index (χ0) is 12.5. The van der Waals surface area contributed by atoms with E-state index in [1.54, 1.807) is 11.8 Å². The third-order valence-electron chi connectivity index (χ3n) is 2.53. The minimum absolute atomic E-state index is 0.210. The van der Waals surface area contributed by atoms with Crippen molar-refractivity contribution in [3.8, 4) is 0 Å². The SMILES string of the molecule is CCCNC(CC)c1ccc(SCCO)cn1. The van der Waals surface area contributed by atoms with E-state index >= 15 is 0 Å². The molecular weight excluding hydrogens is 232 g/mol. The molecule has 0 aliphatic heterocycles. The molecule has 1 aromatic rings. The quantitative estimate of drug-likeness (QED) is 0.700. The molecule has 0 aliphatic carbocycles. The summed E-state index contributed by atoms with van der Waals surface area (Å²) in [5.41, 5.74) is 1.11. The minimum atomic E-state index is 0.210. The third-order valence-corrected chi connectivity index (χ3v) is 3.49. The molecule has 0 saturated carbocycles. The van der Waals surface area contributed by atoms with E-state index in [0.717, 1.165) is 35.7 Å². The van der Waals surface area contributed by atoms with Crippen molar-refractivity contribution in [2.75, 3.05) is 18.9 Å². The van der Waals surface area contributed by atoms with Gasteiger partial charge in [-0.2, -0.15) is 0 Å². The molecule has 0 radical (unpaired) electrons. The fourth-order valence-electron chi connectivity index (χ4n) is 1.62. The highest BCUT2D eigenvalue weighted by Gasteiger charge is 2.09. The summed E-state index contributed by atoms with van der Waals surface area (Å²) in [4.78, 5) is 5.61. The van der Waals surface area contributed by atoms with Crippen LogP contribution in [0.1, 0.15) is 38.4 Å². The molecule has 0 aliphatic rings. The summed E-state index contributed by atoms with van der Waals surface area (Å²) >= 11 is 1.63. The van der Waals surface area contributed by atoms with Crippen LogP contribution in [0.4, 0.5) is 0 Å². The summed E-state index contributed by atoms with van der Waals surface area (Å²) < 4.78 is 0. The van der Waals surface area contributed by atoms with Crippen LogP contribution in [0.15, 0.2) is 23.2 Å². The average Bonchev–Trinajstić information content (AvgIpc) is 2.38. The highest BCUT2D eigenvalue weighted by atomic mass is 32.2. The molecule has 0 bridgehead atoms. The van der Waals surface area contributed by atoms with Crippen LogP contribution in [0.25, 0.3) is 0 Å². The second-order valence-electron chi connectivity index (χ2n) is 3.91. The van der Waals surface area contributed by atoms with Gasteiger partial charge in [0.05, 0.1) is 12.3 Å². The lowest BCUT2D eigenvalue weighted by atomic mass is 10.1. The number of aliphatic hydroxyl groups excluding tert-OH is 1. The summed E-state index contributed by atoms with van der Waals surface area (Å²) in [6, 6.07) is 4.52. The number of hydrogen-bond donors (Lipinski definition) is 2. The number of thioether (sulfide) groups is 1. The average molecular weight is 254 g/mol. The lowest BCUT2D eigenvalue weighted by molar-refractivity contribution is 0.322. The number of aliphatic hydroxyl groups is 1. The van der Waals surface area contributed by atoms with Gasteiger partial charge in [-0.3, -0.25) is 4.98 Å². The van der Waals surface area contributed by atoms with Gasteiger partial charge in [0.15, 0.2) is 0 Å². The molecule has 3 nitrogen and oxygen atoms in total. The smallest absolute Gasteiger partial charge is 0.0573 e. The van der Waals surface area contributed by atoms with Crippen molar-refractivity contribution >= 4 is 11.8 Å². The van der Waals surface area contributed by atoms with E-state index in [0.29, 0.717) is 6.04 Å². The molecule has 2 N–H and O–H groups in total. The van der Waals surface area contributed by atoms with Crippen LogP contribution in [0.5, 0.6) is 0 Å². The third kappa shape index (κ3) is 5.06. The Morgan fingerprint density at radius 1 is 1.41 bits per heavy atom. The molecule has 1 atom stereocenters. The van der Waals surface area contributed by atoms with Gasteiger partial charge in [-0.1, -0.05) is 13.8 Å². The van der Waals surface area contributed by atoms with Crippen LogP contribution in [0.2, 0.25) is 0 Å². The summed E-state index contributed by atoms with van der Waals surface area (Å²) in [5, 5.41) is 12.2. The summed E-state index contributed by atoms with van der Waals surface area (Å²) in [6.07, 6.45) is 4.09. The largest absolute Gasteiger partial charge is 0.396 e. The summed E-state index contributed by atoms with van der Waals surface area (Å²) in [7, 11) is 0. The summed E-state index contributed by atoms with van der Waals surface area (Å²) in [6.45, 7) is 5.58. The maximum atomic E-state index is 8.75. The zero-order valence-electron chi connectivity index (χ0n) is 10.6. The van der Waals surface area contributed by atoms with E-state index in [2.05, 4.69) is 36.3 Å². The van der Waals surface area contributed by atoms with E-state index in [1.165, 1.54) is 0 Å². The molecule has 1 aromatic heterocycles. The molecule has 17 heavy (non-hydrogen) atoms. The van der Waals surface area contributed by atoms with Gasteiger partial charge in [-0.15, -0.1) is 11.8 Å². The molecular formula is C13H22N2OS. The van der Waals surface area contributed by atoms with E-state index in [1.807, 2.05) is 6.20 Å². The van der Waals surface area contributed by atoms with Crippen LogP contribution in [-0.2, 0) is 0 Å². The Balaban J connectivity index is 2.57. The predicted molar refractivity (Wildman–Crippen MR) is 73.4 cm³/mol. The van der Waals surface area contributed by atoms with Crippen molar-refractivity contribution < 1.29 is 5.11 Å². The zero-order valence-corrected chi connectivity index (χ0v) is 11.5. The van der Waals surface area contributed by atoms with Crippen LogP contribution >= 0.6 is 11.8 Å². The van der Waals surface area contributed by atoms with Gasteiger partial charge in [0.2, 0.25) is 0 Å². The number of hydrogen-bond acceptors (Lipinski definition) is 4. The van der Waals surface area contributed by atoms with Gasteiger partial charge >= 0.3 is 0 Å². The molecule has 1 rings (SSSR count). The standard InChI is InChI=1S/C13H22N2OS/c1-3-7-14-12(4-2)13-6-5-11(10-15-13)17-9-8-16/h5-6,10,12,14,16H,3-4,7-9H2,1-2H3. The van der Waals surface area contributed by atoms with Gasteiger partial charge < -0.3 is 10.4 Å². The Kier molecular flexibility index (Phi) is 7.24. The second kappa shape index (κ2) is 8.50. The van der Waals surface area contributed by atoms with Crippen LogP contribution in [0.3, 0.4) is 0 Å². The summed E-state index contributed by atoms with van der Waals surface area (Å²) in [5.74, 6) is 0.728. The van der Waals surface area contributed by atoms with Crippen LogP contribution in [-0.4, -0.2) is 29.0 Å². The Hall–Kier alpha value is -0.580. The van der Waals surface area contributed by atoms with E-state index in [4.69, 9.17) is 5.11 Å². The lowest BCUT2D eigenvalue weighted by Gasteiger charge is -2.16. The van der Waals surface area contributed by atoms with Crippen molar-refractivity contribution in [1.82, 2.24) is 10.3 Å². The van der Waals surface area contributed by atoms with Crippen LogP contribution in [0, 0.1) is 0 Å². The maximum absolute atomic E-state index is 8.75. The number of rotatable bonds is 8.